The summed E-state index contributed by atoms with van der Waals surface area (Å²) in [6.07, 6.45) is -0.840. The molecule has 0 saturated carbocycles. The molecule has 5 nitrogen and oxygen atoms in total. The maximum atomic E-state index is 12.8. The van der Waals surface area contributed by atoms with Crippen LogP contribution in [0.15, 0.2) is 48.1 Å². The van der Waals surface area contributed by atoms with Crippen LogP contribution in [0.25, 0.3) is 10.6 Å². The van der Waals surface area contributed by atoms with E-state index in [1.165, 1.54) is 0 Å². The Hall–Kier alpha value is -2.65. The van der Waals surface area contributed by atoms with Crippen LogP contribution in [0.5, 0.6) is 0 Å². The molecule has 4 rings (SSSR count). The smallest absolute Gasteiger partial charge is 0.355 e. The van der Waals surface area contributed by atoms with Crippen LogP contribution in [0.4, 0.5) is 24.7 Å². The number of alkyl halides is 3. The van der Waals surface area contributed by atoms with Crippen molar-refractivity contribution < 1.29 is 18.0 Å². The largest absolute Gasteiger partial charge is 0.417 e. The molecule has 1 N–H and O–H groups in total. The van der Waals surface area contributed by atoms with Gasteiger partial charge in [-0.25, -0.2) is 9.97 Å². The van der Waals surface area contributed by atoms with Crippen molar-refractivity contribution in [2.75, 3.05) is 23.3 Å². The van der Waals surface area contributed by atoms with Gasteiger partial charge in [0, 0.05) is 48.0 Å². The maximum absolute atomic E-state index is 12.8. The summed E-state index contributed by atoms with van der Waals surface area (Å²) in [5.74, 6) is 0.0440. The summed E-state index contributed by atoms with van der Waals surface area (Å²) in [7, 11) is 0. The summed E-state index contributed by atoms with van der Waals surface area (Å²) in [5.41, 5.74) is 0.818. The van der Waals surface area contributed by atoms with Crippen molar-refractivity contribution in [3.05, 3.63) is 58.7 Å². The first-order valence-electron chi connectivity index (χ1n) is 9.60. The minimum Gasteiger partial charge on any atom is -0.355 e. The van der Waals surface area contributed by atoms with Crippen LogP contribution in [-0.2, 0) is 11.0 Å². The van der Waals surface area contributed by atoms with E-state index in [-0.39, 0.29) is 16.8 Å². The number of rotatable bonds is 4. The summed E-state index contributed by atoms with van der Waals surface area (Å²) >= 11 is 7.58. The van der Waals surface area contributed by atoms with Gasteiger partial charge in [0.2, 0.25) is 5.91 Å². The predicted octanol–water partition coefficient (Wildman–Crippen LogP) is 5.73. The van der Waals surface area contributed by atoms with Crippen LogP contribution < -0.4 is 10.2 Å². The molecule has 1 saturated heterocycles. The SMILES string of the molecule is O=C(Nc1ccc(-c2nccs2)cc1)C1CCN(c2ncc(C(F)(F)F)cc2Cl)CC1. The highest BCUT2D eigenvalue weighted by atomic mass is 35.5. The molecule has 0 bridgehead atoms. The Morgan fingerprint density at radius 2 is 1.87 bits per heavy atom. The maximum Gasteiger partial charge on any atom is 0.417 e. The molecule has 0 aliphatic carbocycles. The van der Waals surface area contributed by atoms with E-state index in [0.29, 0.717) is 37.4 Å². The van der Waals surface area contributed by atoms with Gasteiger partial charge in [-0.05, 0) is 43.2 Å². The quantitative estimate of drug-likeness (QED) is 0.533. The minimum absolute atomic E-state index is 0.0435. The van der Waals surface area contributed by atoms with E-state index in [2.05, 4.69) is 15.3 Å². The lowest BCUT2D eigenvalue weighted by atomic mass is 9.95. The number of aromatic nitrogens is 2. The molecule has 2 aromatic heterocycles. The van der Waals surface area contributed by atoms with Crippen molar-refractivity contribution in [1.29, 1.82) is 0 Å². The molecule has 0 radical (unpaired) electrons. The fourth-order valence-electron chi connectivity index (χ4n) is 3.48. The number of hydrogen-bond acceptors (Lipinski definition) is 5. The van der Waals surface area contributed by atoms with E-state index in [0.717, 1.165) is 22.8 Å². The fourth-order valence-corrected chi connectivity index (χ4v) is 4.41. The highest BCUT2D eigenvalue weighted by molar-refractivity contribution is 7.13. The van der Waals surface area contributed by atoms with Gasteiger partial charge in [-0.1, -0.05) is 11.6 Å². The number of hydrogen-bond donors (Lipinski definition) is 1. The number of carbonyl (C=O) groups excluding carboxylic acids is 1. The van der Waals surface area contributed by atoms with E-state index in [1.54, 1.807) is 17.5 Å². The van der Waals surface area contributed by atoms with Gasteiger partial charge in [-0.2, -0.15) is 13.2 Å². The number of nitrogens with zero attached hydrogens (tertiary/aromatic N) is 3. The topological polar surface area (TPSA) is 58.1 Å². The van der Waals surface area contributed by atoms with Crippen molar-refractivity contribution in [2.24, 2.45) is 5.92 Å². The molecular formula is C21H18ClF3N4OS. The van der Waals surface area contributed by atoms with Crippen molar-refractivity contribution in [2.45, 2.75) is 19.0 Å². The zero-order chi connectivity index (χ0) is 22.0. The average Bonchev–Trinajstić information content (AvgIpc) is 3.29. The Balaban J connectivity index is 1.34. The second kappa shape index (κ2) is 8.84. The van der Waals surface area contributed by atoms with Gasteiger partial charge in [0.15, 0.2) is 0 Å². The lowest BCUT2D eigenvalue weighted by Crippen LogP contribution is -2.38. The van der Waals surface area contributed by atoms with Crippen LogP contribution in [0.1, 0.15) is 18.4 Å². The number of amides is 1. The van der Waals surface area contributed by atoms with Gasteiger partial charge >= 0.3 is 6.18 Å². The monoisotopic (exact) mass is 466 g/mol. The summed E-state index contributed by atoms with van der Waals surface area (Å²) in [4.78, 5) is 22.6. The van der Waals surface area contributed by atoms with Crippen LogP contribution >= 0.6 is 22.9 Å². The third-order valence-corrected chi connectivity index (χ3v) is 6.25. The van der Waals surface area contributed by atoms with E-state index < -0.39 is 11.7 Å². The van der Waals surface area contributed by atoms with Crippen molar-refractivity contribution in [1.82, 2.24) is 9.97 Å². The predicted molar refractivity (Wildman–Crippen MR) is 115 cm³/mol. The molecular weight excluding hydrogens is 449 g/mol. The molecule has 1 aliphatic heterocycles. The number of piperidine rings is 1. The molecule has 0 atom stereocenters. The van der Waals surface area contributed by atoms with Crippen molar-refractivity contribution in [3.63, 3.8) is 0 Å². The summed E-state index contributed by atoms with van der Waals surface area (Å²) in [6, 6.07) is 8.40. The second-order valence-corrected chi connectivity index (χ2v) is 8.49. The van der Waals surface area contributed by atoms with Gasteiger partial charge in [0.25, 0.3) is 0 Å². The normalized spacial score (nSPS) is 15.2. The molecule has 10 heteroatoms. The van der Waals surface area contributed by atoms with Gasteiger partial charge in [-0.3, -0.25) is 4.79 Å². The Labute approximate surface area is 185 Å². The summed E-state index contributed by atoms with van der Waals surface area (Å²) in [6.45, 7) is 0.971. The van der Waals surface area contributed by atoms with Crippen LogP contribution in [-0.4, -0.2) is 29.0 Å². The Morgan fingerprint density at radius 3 is 2.45 bits per heavy atom. The Kier molecular flexibility index (Phi) is 6.15. The van der Waals surface area contributed by atoms with Crippen LogP contribution in [0.3, 0.4) is 0 Å². The number of nitrogens with one attached hydrogen (secondary N) is 1. The number of anilines is 2. The van der Waals surface area contributed by atoms with Gasteiger partial charge in [0.1, 0.15) is 10.8 Å². The highest BCUT2D eigenvalue weighted by Crippen LogP contribution is 2.35. The van der Waals surface area contributed by atoms with E-state index >= 15 is 0 Å². The molecule has 162 valence electrons. The molecule has 0 spiro atoms. The zero-order valence-corrected chi connectivity index (χ0v) is 17.8. The third kappa shape index (κ3) is 4.99. The first-order valence-corrected chi connectivity index (χ1v) is 10.9. The minimum atomic E-state index is -4.49. The Bertz CT molecular complexity index is 1050. The van der Waals surface area contributed by atoms with E-state index in [9.17, 15) is 18.0 Å². The average molecular weight is 467 g/mol. The van der Waals surface area contributed by atoms with E-state index in [1.807, 2.05) is 34.5 Å². The molecule has 1 amide bonds. The van der Waals surface area contributed by atoms with Gasteiger partial charge in [0.05, 0.1) is 10.6 Å². The summed E-state index contributed by atoms with van der Waals surface area (Å²) in [5, 5.41) is 5.71. The molecule has 3 aromatic rings. The third-order valence-electron chi connectivity index (χ3n) is 5.15. The number of benzene rings is 1. The fraction of sp³-hybridized carbons (Fsp3) is 0.286. The van der Waals surface area contributed by atoms with Crippen LogP contribution in [0.2, 0.25) is 5.02 Å². The molecule has 0 unspecified atom stereocenters. The number of thiazole rings is 1. The molecule has 31 heavy (non-hydrogen) atoms. The standard InChI is InChI=1S/C21H18ClF3N4OS/c22-17-11-15(21(23,24)25)12-27-18(17)29-8-5-13(6-9-29)19(30)28-16-3-1-14(2-4-16)20-26-7-10-31-20/h1-4,7,10-13H,5-6,8-9H2,(H,28,30). The number of carbonyl (C=O) groups is 1. The van der Waals surface area contributed by atoms with Crippen molar-refractivity contribution in [3.8, 4) is 10.6 Å². The van der Waals surface area contributed by atoms with E-state index in [4.69, 9.17) is 11.6 Å². The Morgan fingerprint density at radius 1 is 1.16 bits per heavy atom. The lowest BCUT2D eigenvalue weighted by Gasteiger charge is -2.32. The lowest BCUT2D eigenvalue weighted by molar-refractivity contribution is -0.137. The first kappa shape index (κ1) is 21.6. The highest BCUT2D eigenvalue weighted by Gasteiger charge is 2.33. The second-order valence-electron chi connectivity index (χ2n) is 7.19. The molecule has 1 fully saturated rings. The van der Waals surface area contributed by atoms with Gasteiger partial charge in [-0.15, -0.1) is 11.3 Å². The van der Waals surface area contributed by atoms with Crippen LogP contribution in [0, 0.1) is 5.92 Å². The van der Waals surface area contributed by atoms with Crippen molar-refractivity contribution >= 4 is 40.4 Å². The molecule has 3 heterocycles. The summed E-state index contributed by atoms with van der Waals surface area (Å²) < 4.78 is 38.4. The molecule has 1 aromatic carbocycles. The number of halogens is 4. The first-order chi connectivity index (χ1) is 14.8. The molecule has 1 aliphatic rings. The zero-order valence-electron chi connectivity index (χ0n) is 16.2. The van der Waals surface area contributed by atoms with Gasteiger partial charge < -0.3 is 10.2 Å². The number of pyridine rings is 1.